The number of rotatable bonds is 3. The third kappa shape index (κ3) is 3.23. The molecule has 0 radical (unpaired) electrons. The number of nitrogens with zero attached hydrogens (tertiary/aromatic N) is 1. The molecule has 0 saturated carbocycles. The largest absolute Gasteiger partial charge is 0.278 e. The Kier molecular flexibility index (Phi) is 4.54. The van der Waals surface area contributed by atoms with E-state index in [0.717, 1.165) is 3.79 Å². The molecule has 0 atom stereocenters. The average Bonchev–Trinajstić information content (AvgIpc) is 2.69. The van der Waals surface area contributed by atoms with Gasteiger partial charge in [-0.05, 0) is 47.1 Å². The van der Waals surface area contributed by atoms with Crippen LogP contribution in [0.25, 0.3) is 0 Å². The van der Waals surface area contributed by atoms with Gasteiger partial charge in [0, 0.05) is 9.35 Å². The Morgan fingerprint density at radius 2 is 2.00 bits per heavy atom. The summed E-state index contributed by atoms with van der Waals surface area (Å²) in [4.78, 5) is 0.885. The molecule has 8 heteroatoms. The maximum Gasteiger partial charge on any atom is 0.263 e. The Labute approximate surface area is 137 Å². The minimum absolute atomic E-state index is 0.207. The molecule has 20 heavy (non-hydrogen) atoms. The molecule has 0 unspecified atom stereocenters. The van der Waals surface area contributed by atoms with E-state index < -0.39 is 10.0 Å². The molecular weight excluding hydrogens is 428 g/mol. The summed E-state index contributed by atoms with van der Waals surface area (Å²) < 4.78 is 28.6. The maximum absolute atomic E-state index is 12.4. The molecule has 0 amide bonds. The third-order valence-corrected chi connectivity index (χ3v) is 6.15. The molecule has 0 bridgehead atoms. The van der Waals surface area contributed by atoms with Crippen LogP contribution in [0.4, 0.5) is 5.69 Å². The molecule has 0 aliphatic carbocycles. The Balaban J connectivity index is 2.46. The van der Waals surface area contributed by atoms with E-state index in [4.69, 9.17) is 5.26 Å². The molecule has 4 nitrogen and oxygen atoms in total. The van der Waals surface area contributed by atoms with Gasteiger partial charge in [-0.1, -0.05) is 15.9 Å². The van der Waals surface area contributed by atoms with Gasteiger partial charge in [0.15, 0.2) is 0 Å². The maximum atomic E-state index is 12.4. The number of aryl methyl sites for hydroxylation is 1. The molecular formula is C12H8Br2N2O2S2. The first-order valence-corrected chi connectivity index (χ1v) is 9.20. The summed E-state index contributed by atoms with van der Waals surface area (Å²) in [7, 11) is -3.71. The fourth-order valence-electron chi connectivity index (χ4n) is 1.60. The van der Waals surface area contributed by atoms with Gasteiger partial charge in [-0.2, -0.15) is 5.26 Å². The summed E-state index contributed by atoms with van der Waals surface area (Å²) >= 11 is 7.87. The van der Waals surface area contributed by atoms with Crippen molar-refractivity contribution in [1.82, 2.24) is 0 Å². The highest BCUT2D eigenvalue weighted by atomic mass is 79.9. The number of hydrogen-bond acceptors (Lipinski definition) is 4. The molecule has 1 aromatic heterocycles. The lowest BCUT2D eigenvalue weighted by Gasteiger charge is -2.09. The van der Waals surface area contributed by atoms with Crippen LogP contribution in [0, 0.1) is 18.3 Å². The second kappa shape index (κ2) is 5.85. The zero-order chi connectivity index (χ0) is 14.9. The predicted octanol–water partition coefficient (Wildman–Crippen LogP) is 4.25. The van der Waals surface area contributed by atoms with Crippen LogP contribution in [0.5, 0.6) is 0 Å². The number of nitriles is 1. The highest BCUT2D eigenvalue weighted by Crippen LogP contribution is 2.31. The van der Waals surface area contributed by atoms with E-state index in [9.17, 15) is 8.42 Å². The van der Waals surface area contributed by atoms with Crippen LogP contribution < -0.4 is 4.72 Å². The zero-order valence-electron chi connectivity index (χ0n) is 10.1. The van der Waals surface area contributed by atoms with Gasteiger partial charge in [-0.25, -0.2) is 8.42 Å². The van der Waals surface area contributed by atoms with Crippen LogP contribution in [-0.2, 0) is 10.0 Å². The van der Waals surface area contributed by atoms with Crippen molar-refractivity contribution in [3.63, 3.8) is 0 Å². The number of benzene rings is 1. The standard InChI is InChI=1S/C12H8Br2N2O2S2/c1-7-11(5-12(14)19-7)20(17,18)16-10-4-9(13)3-2-8(10)6-15/h2-5,16H,1H3. The normalized spacial score (nSPS) is 11.1. The molecule has 1 heterocycles. The van der Waals surface area contributed by atoms with Crippen LogP contribution in [0.2, 0.25) is 0 Å². The van der Waals surface area contributed by atoms with Crippen molar-refractivity contribution < 1.29 is 8.42 Å². The lowest BCUT2D eigenvalue weighted by Crippen LogP contribution is -2.14. The molecule has 1 N–H and O–H groups in total. The fraction of sp³-hybridized carbons (Fsp3) is 0.0833. The van der Waals surface area contributed by atoms with Gasteiger partial charge in [-0.15, -0.1) is 11.3 Å². The predicted molar refractivity (Wildman–Crippen MR) is 86.4 cm³/mol. The highest BCUT2D eigenvalue weighted by molar-refractivity contribution is 9.11. The number of sulfonamides is 1. The van der Waals surface area contributed by atoms with E-state index in [1.807, 2.05) is 6.07 Å². The number of anilines is 1. The molecule has 1 aromatic carbocycles. The van der Waals surface area contributed by atoms with E-state index in [0.29, 0.717) is 9.35 Å². The second-order valence-corrected chi connectivity index (χ2v) is 9.08. The number of thiophene rings is 1. The summed E-state index contributed by atoms with van der Waals surface area (Å²) in [5.74, 6) is 0. The molecule has 0 fully saturated rings. The van der Waals surface area contributed by atoms with Crippen LogP contribution in [-0.4, -0.2) is 8.42 Å². The Morgan fingerprint density at radius 1 is 1.30 bits per heavy atom. The minimum Gasteiger partial charge on any atom is -0.278 e. The monoisotopic (exact) mass is 434 g/mol. The van der Waals surface area contributed by atoms with Gasteiger partial charge in [0.1, 0.15) is 11.0 Å². The van der Waals surface area contributed by atoms with E-state index in [1.165, 1.54) is 11.3 Å². The summed E-state index contributed by atoms with van der Waals surface area (Å²) in [6.45, 7) is 1.73. The second-order valence-electron chi connectivity index (χ2n) is 3.88. The lowest BCUT2D eigenvalue weighted by atomic mass is 10.2. The zero-order valence-corrected chi connectivity index (χ0v) is 15.0. The number of nitrogens with one attached hydrogen (secondary N) is 1. The molecule has 104 valence electrons. The first-order valence-electron chi connectivity index (χ1n) is 5.32. The quantitative estimate of drug-likeness (QED) is 0.783. The molecule has 0 aliphatic heterocycles. The van der Waals surface area contributed by atoms with Crippen LogP contribution in [0.15, 0.2) is 37.4 Å². The first kappa shape index (κ1) is 15.5. The summed E-state index contributed by atoms with van der Waals surface area (Å²) in [5.41, 5.74) is 0.521. The SMILES string of the molecule is Cc1sc(Br)cc1S(=O)(=O)Nc1cc(Br)ccc1C#N. The number of halogens is 2. The van der Waals surface area contributed by atoms with Crippen molar-refractivity contribution in [1.29, 1.82) is 5.26 Å². The van der Waals surface area contributed by atoms with Gasteiger partial charge in [0.25, 0.3) is 10.0 Å². The Hall–Kier alpha value is -0.880. The van der Waals surface area contributed by atoms with Crippen LogP contribution in [0.1, 0.15) is 10.4 Å². The summed E-state index contributed by atoms with van der Waals surface area (Å²) in [6, 6.07) is 8.31. The third-order valence-electron chi connectivity index (χ3n) is 2.48. The first-order chi connectivity index (χ1) is 9.33. The van der Waals surface area contributed by atoms with Crippen molar-refractivity contribution in [3.8, 4) is 6.07 Å². The van der Waals surface area contributed by atoms with Crippen LogP contribution in [0.3, 0.4) is 0 Å². The Bertz CT molecular complexity index is 807. The molecule has 0 spiro atoms. The van der Waals surface area contributed by atoms with Crippen molar-refractivity contribution in [2.45, 2.75) is 11.8 Å². The van der Waals surface area contributed by atoms with Gasteiger partial charge >= 0.3 is 0 Å². The molecule has 0 saturated heterocycles. The van der Waals surface area contributed by atoms with E-state index >= 15 is 0 Å². The smallest absolute Gasteiger partial charge is 0.263 e. The highest BCUT2D eigenvalue weighted by Gasteiger charge is 2.21. The fourth-order valence-corrected chi connectivity index (χ4v) is 5.44. The van der Waals surface area contributed by atoms with Gasteiger partial charge in [0.2, 0.25) is 0 Å². The van der Waals surface area contributed by atoms with Crippen molar-refractivity contribution in [2.75, 3.05) is 4.72 Å². The lowest BCUT2D eigenvalue weighted by molar-refractivity contribution is 0.601. The van der Waals surface area contributed by atoms with Crippen LogP contribution >= 0.6 is 43.2 Å². The van der Waals surface area contributed by atoms with E-state index in [-0.39, 0.29) is 16.1 Å². The Morgan fingerprint density at radius 3 is 2.55 bits per heavy atom. The minimum atomic E-state index is -3.71. The number of hydrogen-bond donors (Lipinski definition) is 1. The molecule has 2 rings (SSSR count). The van der Waals surface area contributed by atoms with Gasteiger partial charge in [0.05, 0.1) is 15.0 Å². The molecule has 0 aliphatic rings. The van der Waals surface area contributed by atoms with Gasteiger partial charge < -0.3 is 0 Å². The molecule has 2 aromatic rings. The van der Waals surface area contributed by atoms with Crippen molar-refractivity contribution in [3.05, 3.63) is 43.0 Å². The van der Waals surface area contributed by atoms with E-state index in [1.54, 1.807) is 31.2 Å². The van der Waals surface area contributed by atoms with Crippen molar-refractivity contribution in [2.24, 2.45) is 0 Å². The van der Waals surface area contributed by atoms with Crippen molar-refractivity contribution >= 4 is 58.9 Å². The summed E-state index contributed by atoms with van der Waals surface area (Å²) in [5, 5.41) is 9.03. The van der Waals surface area contributed by atoms with Gasteiger partial charge in [-0.3, -0.25) is 4.72 Å². The topological polar surface area (TPSA) is 70.0 Å². The van der Waals surface area contributed by atoms with E-state index in [2.05, 4.69) is 36.6 Å². The summed E-state index contributed by atoms with van der Waals surface area (Å²) in [6.07, 6.45) is 0. The average molecular weight is 436 g/mol.